The predicted octanol–water partition coefficient (Wildman–Crippen LogP) is 4.23. The molecular weight excluding hydrogens is 372 g/mol. The third-order valence-electron chi connectivity index (χ3n) is 5.50. The lowest BCUT2D eigenvalue weighted by molar-refractivity contribution is 0.0743. The van der Waals surface area contributed by atoms with Crippen LogP contribution in [0.15, 0.2) is 48.5 Å². The van der Waals surface area contributed by atoms with E-state index < -0.39 is 0 Å². The molecule has 1 aromatic heterocycles. The molecule has 142 valence electrons. The summed E-state index contributed by atoms with van der Waals surface area (Å²) in [6.45, 7) is 1.78. The van der Waals surface area contributed by atoms with E-state index in [2.05, 4.69) is 5.43 Å². The van der Waals surface area contributed by atoms with E-state index >= 15 is 0 Å². The number of fused-ring (bicyclic) bond motifs is 3. The third-order valence-corrected chi connectivity index (χ3v) is 5.74. The van der Waals surface area contributed by atoms with E-state index in [0.29, 0.717) is 17.1 Å². The number of nitrogens with one attached hydrogen (secondary N) is 1. The molecule has 1 aliphatic carbocycles. The van der Waals surface area contributed by atoms with Gasteiger partial charge >= 0.3 is 0 Å². The van der Waals surface area contributed by atoms with Crippen molar-refractivity contribution < 1.29 is 4.79 Å². The first kappa shape index (κ1) is 17.5. The molecular formula is C22H21ClN4O. The Kier molecular flexibility index (Phi) is 4.41. The Morgan fingerprint density at radius 1 is 1.04 bits per heavy atom. The summed E-state index contributed by atoms with van der Waals surface area (Å²) in [7, 11) is 0. The summed E-state index contributed by atoms with van der Waals surface area (Å²) in [5.41, 5.74) is 8.68. The first-order valence-electron chi connectivity index (χ1n) is 9.73. The molecule has 0 saturated carbocycles. The van der Waals surface area contributed by atoms with Gasteiger partial charge in [-0.15, -0.1) is 0 Å². The quantitative estimate of drug-likeness (QED) is 0.567. The maximum absolute atomic E-state index is 13.1. The van der Waals surface area contributed by atoms with Crippen LogP contribution in [0.5, 0.6) is 0 Å². The zero-order valence-corrected chi connectivity index (χ0v) is 16.2. The van der Waals surface area contributed by atoms with Crippen molar-refractivity contribution in [1.82, 2.24) is 20.2 Å². The van der Waals surface area contributed by atoms with Crippen molar-refractivity contribution in [2.24, 2.45) is 0 Å². The van der Waals surface area contributed by atoms with Gasteiger partial charge < -0.3 is 0 Å². The number of para-hydroxylation sites is 1. The summed E-state index contributed by atoms with van der Waals surface area (Å²) in [5.74, 6) is -0.133. The molecule has 0 atom stereocenters. The van der Waals surface area contributed by atoms with Crippen molar-refractivity contribution in [2.45, 2.75) is 25.7 Å². The molecule has 6 heteroatoms. The van der Waals surface area contributed by atoms with Gasteiger partial charge in [0, 0.05) is 35.7 Å². The molecule has 1 saturated heterocycles. The maximum atomic E-state index is 13.1. The molecule has 3 aromatic rings. The molecule has 1 aliphatic heterocycles. The van der Waals surface area contributed by atoms with Crippen LogP contribution in [0.2, 0.25) is 5.02 Å². The van der Waals surface area contributed by atoms with Gasteiger partial charge in [-0.2, -0.15) is 5.10 Å². The van der Waals surface area contributed by atoms with Crippen LogP contribution in [0, 0.1) is 0 Å². The monoisotopic (exact) mass is 392 g/mol. The molecule has 0 radical (unpaired) electrons. The van der Waals surface area contributed by atoms with Gasteiger partial charge in [0.25, 0.3) is 5.91 Å². The molecule has 28 heavy (non-hydrogen) atoms. The molecule has 1 N–H and O–H groups in total. The van der Waals surface area contributed by atoms with Crippen LogP contribution in [0.3, 0.4) is 0 Å². The van der Waals surface area contributed by atoms with Crippen molar-refractivity contribution in [3.8, 4) is 16.9 Å². The number of carbonyl (C=O) groups excluding carboxylic acids is 1. The number of halogens is 1. The Hall–Kier alpha value is -2.63. The third kappa shape index (κ3) is 3.01. The van der Waals surface area contributed by atoms with Gasteiger partial charge in [-0.05, 0) is 42.7 Å². The Morgan fingerprint density at radius 2 is 1.82 bits per heavy atom. The fourth-order valence-electron chi connectivity index (χ4n) is 4.17. The van der Waals surface area contributed by atoms with E-state index in [1.165, 1.54) is 6.42 Å². The number of hydrazine groups is 1. The highest BCUT2D eigenvalue weighted by Gasteiger charge is 2.31. The average molecular weight is 393 g/mol. The number of aromatic nitrogens is 2. The average Bonchev–Trinajstić information content (AvgIpc) is 3.26. The van der Waals surface area contributed by atoms with Crippen LogP contribution < -0.4 is 5.43 Å². The van der Waals surface area contributed by atoms with Crippen LogP contribution in [0.1, 0.15) is 40.9 Å². The summed E-state index contributed by atoms with van der Waals surface area (Å²) < 4.78 is 1.89. The van der Waals surface area contributed by atoms with E-state index in [1.54, 1.807) is 0 Å². The van der Waals surface area contributed by atoms with Gasteiger partial charge in [0.05, 0.1) is 11.4 Å². The lowest BCUT2D eigenvalue weighted by atomic mass is 10.1. The summed E-state index contributed by atoms with van der Waals surface area (Å²) in [6, 6.07) is 15.9. The van der Waals surface area contributed by atoms with Crippen LogP contribution in [-0.4, -0.2) is 33.8 Å². The van der Waals surface area contributed by atoms with Gasteiger partial charge in [-0.1, -0.05) is 42.3 Å². The molecule has 1 amide bonds. The first-order chi connectivity index (χ1) is 13.7. The Balaban J connectivity index is 1.58. The van der Waals surface area contributed by atoms with E-state index in [0.717, 1.165) is 54.0 Å². The first-order valence-corrected chi connectivity index (χ1v) is 10.1. The molecule has 0 unspecified atom stereocenters. The number of amides is 1. The Labute approximate surface area is 168 Å². The fraction of sp³-hybridized carbons (Fsp3) is 0.273. The number of nitrogens with zero attached hydrogens (tertiary/aromatic N) is 3. The van der Waals surface area contributed by atoms with Crippen molar-refractivity contribution in [1.29, 1.82) is 0 Å². The molecule has 0 bridgehead atoms. The summed E-state index contributed by atoms with van der Waals surface area (Å²) in [5, 5.41) is 7.46. The largest absolute Gasteiger partial charge is 0.286 e. The minimum Gasteiger partial charge on any atom is -0.283 e. The van der Waals surface area contributed by atoms with Crippen LogP contribution in [0.25, 0.3) is 16.9 Å². The normalized spacial score (nSPS) is 15.9. The topological polar surface area (TPSA) is 50.2 Å². The van der Waals surface area contributed by atoms with Gasteiger partial charge in [-0.3, -0.25) is 10.2 Å². The standard InChI is InChI=1S/C22H21ClN4O/c23-16-9-10-18-15(13-16)14-19-20(22(28)25-26-11-5-2-6-12-26)24-27(21(18)19)17-7-3-1-4-8-17/h1,3-4,7-10,13H,2,5-6,11-12,14H2,(H,25,28). The second-order valence-electron chi connectivity index (χ2n) is 7.39. The highest BCUT2D eigenvalue weighted by molar-refractivity contribution is 6.30. The smallest absolute Gasteiger partial charge is 0.283 e. The highest BCUT2D eigenvalue weighted by Crippen LogP contribution is 2.40. The summed E-state index contributed by atoms with van der Waals surface area (Å²) >= 11 is 6.21. The lowest BCUT2D eigenvalue weighted by Gasteiger charge is -2.26. The van der Waals surface area contributed by atoms with Crippen molar-refractivity contribution in [3.05, 3.63) is 70.4 Å². The highest BCUT2D eigenvalue weighted by atomic mass is 35.5. The van der Waals surface area contributed by atoms with Crippen LogP contribution in [0.4, 0.5) is 0 Å². The summed E-state index contributed by atoms with van der Waals surface area (Å²) in [4.78, 5) is 13.1. The van der Waals surface area contributed by atoms with E-state index in [-0.39, 0.29) is 5.91 Å². The van der Waals surface area contributed by atoms with Gasteiger partial charge in [0.2, 0.25) is 0 Å². The van der Waals surface area contributed by atoms with Crippen LogP contribution in [-0.2, 0) is 6.42 Å². The number of benzene rings is 2. The summed E-state index contributed by atoms with van der Waals surface area (Å²) in [6.07, 6.45) is 4.11. The number of rotatable bonds is 3. The zero-order valence-electron chi connectivity index (χ0n) is 15.5. The molecule has 1 fully saturated rings. The molecule has 5 nitrogen and oxygen atoms in total. The number of hydrogen-bond acceptors (Lipinski definition) is 3. The maximum Gasteiger partial charge on any atom is 0.286 e. The fourth-order valence-corrected chi connectivity index (χ4v) is 4.36. The van der Waals surface area contributed by atoms with Crippen molar-refractivity contribution in [3.63, 3.8) is 0 Å². The molecule has 2 aromatic carbocycles. The van der Waals surface area contributed by atoms with E-state index in [1.807, 2.05) is 58.2 Å². The van der Waals surface area contributed by atoms with E-state index in [4.69, 9.17) is 16.7 Å². The predicted molar refractivity (Wildman–Crippen MR) is 110 cm³/mol. The van der Waals surface area contributed by atoms with Crippen molar-refractivity contribution in [2.75, 3.05) is 13.1 Å². The number of piperidine rings is 1. The van der Waals surface area contributed by atoms with Gasteiger partial charge in [0.15, 0.2) is 5.69 Å². The minimum atomic E-state index is -0.133. The molecule has 2 aliphatic rings. The second kappa shape index (κ2) is 7.08. The lowest BCUT2D eigenvalue weighted by Crippen LogP contribution is -2.45. The second-order valence-corrected chi connectivity index (χ2v) is 7.83. The van der Waals surface area contributed by atoms with Gasteiger partial charge in [0.1, 0.15) is 0 Å². The minimum absolute atomic E-state index is 0.133. The molecule has 5 rings (SSSR count). The zero-order chi connectivity index (χ0) is 19.1. The molecule has 2 heterocycles. The Bertz CT molecular complexity index is 1040. The number of carbonyl (C=O) groups is 1. The van der Waals surface area contributed by atoms with Gasteiger partial charge in [-0.25, -0.2) is 9.69 Å². The number of hydrogen-bond donors (Lipinski definition) is 1. The van der Waals surface area contributed by atoms with E-state index in [9.17, 15) is 4.79 Å². The molecule has 0 spiro atoms. The SMILES string of the molecule is O=C(NN1CCCCC1)c1nn(-c2ccccc2)c2c1Cc1cc(Cl)ccc1-2. The van der Waals surface area contributed by atoms with Crippen LogP contribution >= 0.6 is 11.6 Å². The Morgan fingerprint density at radius 3 is 2.61 bits per heavy atom. The van der Waals surface area contributed by atoms with Crippen molar-refractivity contribution >= 4 is 17.5 Å².